The van der Waals surface area contributed by atoms with E-state index in [0.717, 1.165) is 5.56 Å². The Labute approximate surface area is 145 Å². The molecule has 0 bridgehead atoms. The highest BCUT2D eigenvalue weighted by Crippen LogP contribution is 2.64. The van der Waals surface area contributed by atoms with Crippen LogP contribution in [0.5, 0.6) is 0 Å². The largest absolute Gasteiger partial charge is 0.337 e. The van der Waals surface area contributed by atoms with Crippen molar-refractivity contribution in [2.24, 2.45) is 11.3 Å². The van der Waals surface area contributed by atoms with Gasteiger partial charge in [0, 0.05) is 5.92 Å². The molecule has 126 valence electrons. The summed E-state index contributed by atoms with van der Waals surface area (Å²) < 4.78 is 0. The van der Waals surface area contributed by atoms with Gasteiger partial charge in [-0.25, -0.2) is 4.79 Å². The molecule has 0 spiro atoms. The molecule has 0 saturated heterocycles. The highest BCUT2D eigenvalue weighted by atomic mass is 16.7. The lowest BCUT2D eigenvalue weighted by Crippen LogP contribution is -2.33. The number of hydrogen-bond donors (Lipinski definition) is 0. The van der Waals surface area contributed by atoms with Crippen LogP contribution in [-0.2, 0) is 9.63 Å². The maximum atomic E-state index is 12.6. The number of hydrogen-bond acceptors (Lipinski definition) is 4. The molecule has 25 heavy (non-hydrogen) atoms. The molecule has 0 aromatic heterocycles. The summed E-state index contributed by atoms with van der Waals surface area (Å²) in [6.45, 7) is 3.97. The molecule has 2 amide bonds. The second kappa shape index (κ2) is 5.28. The number of imide groups is 1. The summed E-state index contributed by atoms with van der Waals surface area (Å²) in [6, 6.07) is 16.2. The zero-order valence-electron chi connectivity index (χ0n) is 13.9. The van der Waals surface area contributed by atoms with Crippen LogP contribution in [0, 0.1) is 11.3 Å². The molecule has 2 aromatic carbocycles. The van der Waals surface area contributed by atoms with Gasteiger partial charge in [-0.2, -0.15) is 0 Å². The smallest absolute Gasteiger partial charge is 0.329 e. The van der Waals surface area contributed by atoms with Gasteiger partial charge in [0.25, 0.3) is 11.8 Å². The minimum absolute atomic E-state index is 0.0105. The molecule has 4 rings (SSSR count). The number of carbonyl (C=O) groups excluding carboxylic acids is 3. The van der Waals surface area contributed by atoms with Gasteiger partial charge in [0.2, 0.25) is 0 Å². The second-order valence-corrected chi connectivity index (χ2v) is 7.05. The standard InChI is InChI=1S/C20H17NO4/c1-20(2)15(12-8-4-3-5-9-12)16(20)19(24)25-21-17(22)13-10-6-7-11-14(13)18(21)23/h3-11,15-16H,1-2H3/t15-,16+/m1/s1. The van der Waals surface area contributed by atoms with Crippen LogP contribution in [0.25, 0.3) is 0 Å². The molecule has 1 saturated carbocycles. The number of fused-ring (bicyclic) bond motifs is 1. The molecule has 1 heterocycles. The van der Waals surface area contributed by atoms with E-state index in [9.17, 15) is 14.4 Å². The summed E-state index contributed by atoms with van der Waals surface area (Å²) in [5.74, 6) is -2.11. The molecule has 2 atom stereocenters. The normalized spacial score (nSPS) is 23.4. The van der Waals surface area contributed by atoms with Crippen LogP contribution in [0.1, 0.15) is 46.0 Å². The first-order chi connectivity index (χ1) is 11.9. The Morgan fingerprint density at radius 3 is 2.00 bits per heavy atom. The Balaban J connectivity index is 1.54. The lowest BCUT2D eigenvalue weighted by atomic mass is 10.0. The van der Waals surface area contributed by atoms with Crippen molar-refractivity contribution in [3.63, 3.8) is 0 Å². The Morgan fingerprint density at radius 1 is 0.920 bits per heavy atom. The molecule has 0 unspecified atom stereocenters. The molecule has 2 aliphatic rings. The molecule has 0 N–H and O–H groups in total. The van der Waals surface area contributed by atoms with Gasteiger partial charge >= 0.3 is 5.97 Å². The van der Waals surface area contributed by atoms with Gasteiger partial charge in [-0.1, -0.05) is 61.4 Å². The third-order valence-electron chi connectivity index (χ3n) is 5.18. The molecular weight excluding hydrogens is 318 g/mol. The number of benzene rings is 2. The fourth-order valence-corrected chi connectivity index (χ4v) is 3.76. The molecule has 1 aliphatic heterocycles. The number of amides is 2. The highest BCUT2D eigenvalue weighted by molar-refractivity contribution is 6.20. The SMILES string of the molecule is CC1(C)[C@H](C(=O)ON2C(=O)c3ccccc3C2=O)[C@H]1c1ccccc1. The molecule has 0 radical (unpaired) electrons. The Morgan fingerprint density at radius 2 is 1.44 bits per heavy atom. The van der Waals surface area contributed by atoms with E-state index >= 15 is 0 Å². The zero-order valence-corrected chi connectivity index (χ0v) is 13.9. The summed E-state index contributed by atoms with van der Waals surface area (Å²) in [7, 11) is 0. The Kier molecular flexibility index (Phi) is 3.29. The second-order valence-electron chi connectivity index (χ2n) is 7.05. The summed E-state index contributed by atoms with van der Waals surface area (Å²) in [5.41, 5.74) is 1.29. The first-order valence-corrected chi connectivity index (χ1v) is 8.17. The van der Waals surface area contributed by atoms with Crippen LogP contribution in [0.3, 0.4) is 0 Å². The van der Waals surface area contributed by atoms with Crippen molar-refractivity contribution in [1.29, 1.82) is 0 Å². The minimum atomic E-state index is -0.594. The van der Waals surface area contributed by atoms with E-state index in [4.69, 9.17) is 4.84 Å². The van der Waals surface area contributed by atoms with Gasteiger partial charge in [0.05, 0.1) is 17.0 Å². The van der Waals surface area contributed by atoms with Crippen LogP contribution in [0.15, 0.2) is 54.6 Å². The van der Waals surface area contributed by atoms with Crippen molar-refractivity contribution < 1.29 is 19.2 Å². The van der Waals surface area contributed by atoms with Gasteiger partial charge < -0.3 is 4.84 Å². The van der Waals surface area contributed by atoms with Gasteiger partial charge in [-0.3, -0.25) is 9.59 Å². The number of carbonyl (C=O) groups is 3. The van der Waals surface area contributed by atoms with E-state index < -0.39 is 17.8 Å². The van der Waals surface area contributed by atoms with Crippen LogP contribution in [-0.4, -0.2) is 22.8 Å². The summed E-state index contributed by atoms with van der Waals surface area (Å²) in [4.78, 5) is 42.5. The van der Waals surface area contributed by atoms with Crippen molar-refractivity contribution in [1.82, 2.24) is 5.06 Å². The number of rotatable bonds is 3. The Bertz CT molecular complexity index is 853. The van der Waals surface area contributed by atoms with Gasteiger partial charge in [0.15, 0.2) is 0 Å². The van der Waals surface area contributed by atoms with Crippen molar-refractivity contribution in [3.8, 4) is 0 Å². The maximum Gasteiger partial charge on any atom is 0.337 e. The van der Waals surface area contributed by atoms with Gasteiger partial charge in [0.1, 0.15) is 0 Å². The maximum absolute atomic E-state index is 12.6. The number of hydroxylamine groups is 2. The number of nitrogens with zero attached hydrogens (tertiary/aromatic N) is 1. The molecule has 2 aromatic rings. The van der Waals surface area contributed by atoms with E-state index in [1.165, 1.54) is 0 Å². The van der Waals surface area contributed by atoms with Crippen molar-refractivity contribution in [2.45, 2.75) is 19.8 Å². The first-order valence-electron chi connectivity index (χ1n) is 8.17. The summed E-state index contributed by atoms with van der Waals surface area (Å²) in [5, 5.41) is 0.587. The van der Waals surface area contributed by atoms with Crippen molar-refractivity contribution >= 4 is 17.8 Å². The molecular formula is C20H17NO4. The molecule has 1 fully saturated rings. The predicted octanol–water partition coefficient (Wildman–Crippen LogP) is 3.18. The average Bonchev–Trinajstić information content (AvgIpc) is 3.13. The molecule has 5 nitrogen and oxygen atoms in total. The highest BCUT2D eigenvalue weighted by Gasteiger charge is 2.64. The van der Waals surface area contributed by atoms with Gasteiger partial charge in [-0.15, -0.1) is 0 Å². The minimum Gasteiger partial charge on any atom is -0.329 e. The molecule has 5 heteroatoms. The summed E-state index contributed by atoms with van der Waals surface area (Å²) in [6.07, 6.45) is 0. The zero-order chi connectivity index (χ0) is 17.8. The van der Waals surface area contributed by atoms with E-state index in [1.807, 2.05) is 44.2 Å². The average molecular weight is 335 g/mol. The lowest BCUT2D eigenvalue weighted by Gasteiger charge is -2.13. The first kappa shape index (κ1) is 15.6. The fourth-order valence-electron chi connectivity index (χ4n) is 3.76. The lowest BCUT2D eigenvalue weighted by molar-refractivity contribution is -0.171. The van der Waals surface area contributed by atoms with Crippen molar-refractivity contribution in [3.05, 3.63) is 71.3 Å². The van der Waals surface area contributed by atoms with E-state index in [-0.39, 0.29) is 28.4 Å². The van der Waals surface area contributed by atoms with Crippen LogP contribution >= 0.6 is 0 Å². The van der Waals surface area contributed by atoms with Crippen molar-refractivity contribution in [2.75, 3.05) is 0 Å². The van der Waals surface area contributed by atoms with Crippen LogP contribution in [0.4, 0.5) is 0 Å². The summed E-state index contributed by atoms with van der Waals surface area (Å²) >= 11 is 0. The predicted molar refractivity (Wildman–Crippen MR) is 89.5 cm³/mol. The van der Waals surface area contributed by atoms with Crippen LogP contribution in [0.2, 0.25) is 0 Å². The Hall–Kier alpha value is -2.95. The molecule has 1 aliphatic carbocycles. The van der Waals surface area contributed by atoms with Crippen LogP contribution < -0.4 is 0 Å². The van der Waals surface area contributed by atoms with Gasteiger partial charge in [-0.05, 0) is 23.1 Å². The topological polar surface area (TPSA) is 63.7 Å². The third kappa shape index (κ3) is 2.27. The van der Waals surface area contributed by atoms with E-state index in [1.54, 1.807) is 24.3 Å². The monoisotopic (exact) mass is 335 g/mol. The van der Waals surface area contributed by atoms with E-state index in [2.05, 4.69) is 0 Å². The fraction of sp³-hybridized carbons (Fsp3) is 0.250. The third-order valence-corrected chi connectivity index (χ3v) is 5.18. The quantitative estimate of drug-likeness (QED) is 0.808. The van der Waals surface area contributed by atoms with E-state index in [0.29, 0.717) is 5.06 Å².